The molecule has 0 atom stereocenters. The Hall–Kier alpha value is -3.87. The molecule has 0 unspecified atom stereocenters. The van der Waals surface area contributed by atoms with Crippen LogP contribution >= 0.6 is 11.6 Å². The van der Waals surface area contributed by atoms with Crippen molar-refractivity contribution in [2.45, 2.75) is 32.6 Å². The summed E-state index contributed by atoms with van der Waals surface area (Å²) in [6.45, 7) is 2.40. The summed E-state index contributed by atoms with van der Waals surface area (Å²) in [6, 6.07) is 8.00. The summed E-state index contributed by atoms with van der Waals surface area (Å²) in [7, 11) is 1.62. The molecule has 2 aromatic carbocycles. The second-order valence-electron chi connectivity index (χ2n) is 9.43. The fourth-order valence-corrected chi connectivity index (χ4v) is 4.22. The van der Waals surface area contributed by atoms with Crippen molar-refractivity contribution in [3.63, 3.8) is 0 Å². The third-order valence-corrected chi connectivity index (χ3v) is 6.31. The number of anilines is 2. The van der Waals surface area contributed by atoms with Gasteiger partial charge in [-0.2, -0.15) is 0 Å². The fourth-order valence-electron chi connectivity index (χ4n) is 4.01. The Morgan fingerprint density at radius 1 is 1.15 bits per heavy atom. The van der Waals surface area contributed by atoms with Crippen LogP contribution in [0.1, 0.15) is 25.0 Å². The maximum Gasteiger partial charge on any atom is 0.276 e. The van der Waals surface area contributed by atoms with Crippen molar-refractivity contribution in [3.8, 4) is 5.88 Å². The van der Waals surface area contributed by atoms with E-state index in [9.17, 15) is 28.3 Å². The zero-order valence-corrected chi connectivity index (χ0v) is 22.1. The van der Waals surface area contributed by atoms with Crippen molar-refractivity contribution >= 4 is 34.8 Å². The van der Waals surface area contributed by atoms with Gasteiger partial charge >= 0.3 is 0 Å². The Kier molecular flexibility index (Phi) is 8.00. The van der Waals surface area contributed by atoms with E-state index in [2.05, 4.69) is 10.3 Å². The molecule has 0 bridgehead atoms. The summed E-state index contributed by atoms with van der Waals surface area (Å²) in [5.74, 6) is -2.60. The molecule has 0 saturated heterocycles. The minimum atomic E-state index is -1.65. The highest BCUT2D eigenvalue weighted by atomic mass is 35.5. The van der Waals surface area contributed by atoms with Gasteiger partial charge in [-0.1, -0.05) is 17.7 Å². The van der Waals surface area contributed by atoms with Crippen molar-refractivity contribution in [1.82, 2.24) is 14.9 Å². The van der Waals surface area contributed by atoms with Gasteiger partial charge in [0, 0.05) is 11.6 Å². The van der Waals surface area contributed by atoms with Gasteiger partial charge in [-0.25, -0.2) is 13.8 Å². The van der Waals surface area contributed by atoms with Gasteiger partial charge < -0.3 is 15.2 Å². The normalized spacial score (nSPS) is 13.0. The van der Waals surface area contributed by atoms with E-state index in [1.165, 1.54) is 40.6 Å². The molecule has 2 amide bonds. The van der Waals surface area contributed by atoms with Gasteiger partial charge in [-0.3, -0.25) is 28.8 Å². The van der Waals surface area contributed by atoms with Crippen LogP contribution in [0.3, 0.4) is 0 Å². The number of aromatic nitrogens is 2. The monoisotopic (exact) mass is 561 g/mol. The SMILES string of the molecule is CNCC(=O)N1CN(C(=O)C(C)(C)O)c2ccc(Cn3cnc(OCc4ccc(F)cc4F)c(Cl)c3=O)cc21. The first-order chi connectivity index (χ1) is 18.4. The van der Waals surface area contributed by atoms with Gasteiger partial charge in [0.15, 0.2) is 5.02 Å². The molecule has 0 saturated carbocycles. The number of nitrogens with one attached hydrogen (secondary N) is 1. The maximum absolute atomic E-state index is 13.9. The Balaban J connectivity index is 1.58. The van der Waals surface area contributed by atoms with E-state index >= 15 is 0 Å². The van der Waals surface area contributed by atoms with Crippen LogP contribution in [-0.4, -0.2) is 52.3 Å². The highest BCUT2D eigenvalue weighted by Gasteiger charge is 2.39. The lowest BCUT2D eigenvalue weighted by Crippen LogP contribution is -2.48. The predicted molar refractivity (Wildman–Crippen MR) is 140 cm³/mol. The standard InChI is InChI=1S/C26H26ClF2N5O5/c1-26(2,38)25(37)34-14-33(21(35)10-30-3)20-8-15(4-7-19(20)34)11-32-13-31-23(22(27)24(32)36)39-12-16-5-6-17(28)9-18(16)29/h4-9,13,30,38H,10-12,14H2,1-3H3. The number of hydrogen-bond donors (Lipinski definition) is 2. The number of halogens is 3. The molecule has 2 N–H and O–H groups in total. The molecule has 0 spiro atoms. The second kappa shape index (κ2) is 11.1. The molecule has 0 fully saturated rings. The van der Waals surface area contributed by atoms with Crippen molar-refractivity contribution < 1.29 is 28.2 Å². The van der Waals surface area contributed by atoms with Crippen molar-refractivity contribution in [2.75, 3.05) is 30.1 Å². The summed E-state index contributed by atoms with van der Waals surface area (Å²) in [5.41, 5.74) is -0.722. The number of aliphatic hydroxyl groups is 1. The average molecular weight is 562 g/mol. The van der Waals surface area contributed by atoms with Gasteiger partial charge in [0.25, 0.3) is 11.5 Å². The van der Waals surface area contributed by atoms with Crippen LogP contribution in [0.2, 0.25) is 5.02 Å². The Bertz CT molecular complexity index is 1490. The Labute approximate surface area is 227 Å². The molecule has 3 aromatic rings. The number of carbonyl (C=O) groups excluding carboxylic acids is 2. The average Bonchev–Trinajstić information content (AvgIpc) is 3.25. The summed E-state index contributed by atoms with van der Waals surface area (Å²) < 4.78 is 33.6. The number of amides is 2. The molecule has 0 aliphatic carbocycles. The van der Waals surface area contributed by atoms with E-state index in [1.54, 1.807) is 25.2 Å². The van der Waals surface area contributed by atoms with Crippen LogP contribution in [0.5, 0.6) is 5.88 Å². The first-order valence-electron chi connectivity index (χ1n) is 11.8. The smallest absolute Gasteiger partial charge is 0.276 e. The van der Waals surface area contributed by atoms with Crippen LogP contribution in [0, 0.1) is 11.6 Å². The van der Waals surface area contributed by atoms with Gasteiger partial charge in [0.1, 0.15) is 36.8 Å². The second-order valence-corrected chi connectivity index (χ2v) is 9.81. The van der Waals surface area contributed by atoms with Gasteiger partial charge in [0.2, 0.25) is 11.8 Å². The molecule has 1 aliphatic heterocycles. The lowest BCUT2D eigenvalue weighted by atomic mass is 10.1. The Morgan fingerprint density at radius 3 is 2.56 bits per heavy atom. The minimum Gasteiger partial charge on any atom is -0.471 e. The van der Waals surface area contributed by atoms with Crippen molar-refractivity contribution in [3.05, 3.63) is 80.9 Å². The van der Waals surface area contributed by atoms with Crippen molar-refractivity contribution in [1.29, 1.82) is 0 Å². The lowest BCUT2D eigenvalue weighted by molar-refractivity contribution is -0.133. The van der Waals surface area contributed by atoms with Gasteiger partial charge in [-0.05, 0) is 50.7 Å². The number of hydrogen-bond acceptors (Lipinski definition) is 7. The first-order valence-corrected chi connectivity index (χ1v) is 12.2. The zero-order valence-electron chi connectivity index (χ0n) is 21.4. The summed E-state index contributed by atoms with van der Waals surface area (Å²) >= 11 is 6.18. The zero-order chi connectivity index (χ0) is 28.5. The Morgan fingerprint density at radius 2 is 1.90 bits per heavy atom. The first kappa shape index (κ1) is 28.1. The quantitative estimate of drug-likeness (QED) is 0.434. The van der Waals surface area contributed by atoms with Gasteiger partial charge in [0.05, 0.1) is 24.5 Å². The number of benzene rings is 2. The highest BCUT2D eigenvalue weighted by Crippen LogP contribution is 2.38. The third kappa shape index (κ3) is 5.92. The molecule has 206 valence electrons. The summed E-state index contributed by atoms with van der Waals surface area (Å²) in [6.07, 6.45) is 1.21. The topological polar surface area (TPSA) is 117 Å². The van der Waals surface area contributed by atoms with Gasteiger partial charge in [-0.15, -0.1) is 0 Å². The van der Waals surface area contributed by atoms with Crippen molar-refractivity contribution in [2.24, 2.45) is 0 Å². The van der Waals surface area contributed by atoms with E-state index < -0.39 is 28.7 Å². The van der Waals surface area contributed by atoms with E-state index in [-0.39, 0.29) is 48.7 Å². The van der Waals surface area contributed by atoms with Crippen LogP contribution in [0.4, 0.5) is 20.2 Å². The van der Waals surface area contributed by atoms with Crippen LogP contribution in [0.25, 0.3) is 0 Å². The number of likely N-dealkylation sites (N-methyl/N-ethyl adjacent to an activating group) is 1. The summed E-state index contributed by atoms with van der Waals surface area (Å²) in [4.78, 5) is 45.3. The molecule has 2 heterocycles. The molecule has 0 radical (unpaired) electrons. The molecule has 1 aliphatic rings. The largest absolute Gasteiger partial charge is 0.471 e. The van der Waals surface area contributed by atoms with E-state index in [0.29, 0.717) is 16.9 Å². The molecule has 13 heteroatoms. The number of carbonyl (C=O) groups is 2. The maximum atomic E-state index is 13.9. The number of rotatable bonds is 8. The van der Waals surface area contributed by atoms with E-state index in [0.717, 1.165) is 12.1 Å². The number of nitrogens with zero attached hydrogens (tertiary/aromatic N) is 4. The molecule has 10 nitrogen and oxygen atoms in total. The molecule has 39 heavy (non-hydrogen) atoms. The van der Waals surface area contributed by atoms with Crippen LogP contribution < -0.4 is 25.4 Å². The molecule has 1 aromatic heterocycles. The van der Waals surface area contributed by atoms with Crippen LogP contribution in [0.15, 0.2) is 47.5 Å². The molecular formula is C26H26ClF2N5O5. The third-order valence-electron chi connectivity index (χ3n) is 5.99. The minimum absolute atomic E-state index is 0.0243. The summed E-state index contributed by atoms with van der Waals surface area (Å²) in [5, 5.41) is 12.7. The lowest BCUT2D eigenvalue weighted by Gasteiger charge is -2.25. The molecular weight excluding hydrogens is 536 g/mol. The predicted octanol–water partition coefficient (Wildman–Crippen LogP) is 2.43. The van der Waals surface area contributed by atoms with E-state index in [4.69, 9.17) is 16.3 Å². The highest BCUT2D eigenvalue weighted by molar-refractivity contribution is 6.31. The van der Waals surface area contributed by atoms with E-state index in [1.807, 2.05) is 0 Å². The fraction of sp³-hybridized carbons (Fsp3) is 0.308. The molecule has 4 rings (SSSR count). The number of ether oxygens (including phenoxy) is 1. The number of fused-ring (bicyclic) bond motifs is 1. The van der Waals surface area contributed by atoms with Crippen LogP contribution in [-0.2, 0) is 22.7 Å².